The predicted molar refractivity (Wildman–Crippen MR) is 106 cm³/mol. The molecule has 0 aliphatic carbocycles. The van der Waals surface area contributed by atoms with Gasteiger partial charge in [0, 0.05) is 38.3 Å². The number of nitrogens with one attached hydrogen (secondary N) is 1. The van der Waals surface area contributed by atoms with Gasteiger partial charge in [0.05, 0.1) is 13.4 Å². The average molecular weight is 366 g/mol. The van der Waals surface area contributed by atoms with Crippen molar-refractivity contribution in [2.45, 2.75) is 26.3 Å². The fourth-order valence-corrected chi connectivity index (χ4v) is 3.63. The third-order valence-corrected chi connectivity index (χ3v) is 5.24. The summed E-state index contributed by atoms with van der Waals surface area (Å²) in [6.45, 7) is 9.17. The first-order valence-electron chi connectivity index (χ1n) is 9.44. The Morgan fingerprint density at radius 3 is 2.67 bits per heavy atom. The molecule has 0 saturated carbocycles. The third kappa shape index (κ3) is 3.60. The topological polar surface area (TPSA) is 70.2 Å². The number of imidazole rings is 1. The van der Waals surface area contributed by atoms with Crippen LogP contribution in [0, 0.1) is 0 Å². The number of H-pyrrole nitrogens is 1. The number of anilines is 1. The third-order valence-electron chi connectivity index (χ3n) is 5.24. The molecular formula is C20H26N6O. The molecule has 0 atom stereocenters. The summed E-state index contributed by atoms with van der Waals surface area (Å²) in [5.74, 6) is 2.43. The highest BCUT2D eigenvalue weighted by atomic mass is 16.5. The number of ether oxygens (including phenoxy) is 1. The van der Waals surface area contributed by atoms with Gasteiger partial charge in [0.2, 0.25) is 0 Å². The Hall–Kier alpha value is -2.67. The zero-order valence-electron chi connectivity index (χ0n) is 16.1. The van der Waals surface area contributed by atoms with Gasteiger partial charge in [-0.3, -0.25) is 4.90 Å². The highest BCUT2D eigenvalue weighted by molar-refractivity contribution is 5.82. The summed E-state index contributed by atoms with van der Waals surface area (Å²) in [4.78, 5) is 20.9. The number of benzene rings is 1. The Bertz CT molecular complexity index is 914. The van der Waals surface area contributed by atoms with E-state index < -0.39 is 0 Å². The second-order valence-corrected chi connectivity index (χ2v) is 7.29. The van der Waals surface area contributed by atoms with E-state index in [2.05, 4.69) is 61.8 Å². The number of aromatic nitrogens is 4. The Labute approximate surface area is 159 Å². The van der Waals surface area contributed by atoms with E-state index in [9.17, 15) is 0 Å². The summed E-state index contributed by atoms with van der Waals surface area (Å²) in [5, 5.41) is 0. The zero-order chi connectivity index (χ0) is 18.8. The normalized spacial score (nSPS) is 15.6. The highest BCUT2D eigenvalue weighted by Gasteiger charge is 2.21. The molecule has 142 valence electrons. The number of fused-ring (bicyclic) bond motifs is 1. The molecule has 0 unspecified atom stereocenters. The number of aromatic amines is 1. The molecule has 27 heavy (non-hydrogen) atoms. The van der Waals surface area contributed by atoms with Gasteiger partial charge in [-0.2, -0.15) is 0 Å². The maximum atomic E-state index is 5.59. The molecule has 1 aliphatic heterocycles. The van der Waals surface area contributed by atoms with Crippen LogP contribution in [0.5, 0.6) is 5.75 Å². The minimum atomic E-state index is 0.515. The van der Waals surface area contributed by atoms with Gasteiger partial charge in [-0.1, -0.05) is 26.0 Å². The lowest BCUT2D eigenvalue weighted by atomic mass is 10.00. The molecule has 1 fully saturated rings. The molecule has 0 amide bonds. The Morgan fingerprint density at radius 1 is 1.11 bits per heavy atom. The van der Waals surface area contributed by atoms with Crippen molar-refractivity contribution in [2.75, 3.05) is 38.2 Å². The molecule has 2 aromatic heterocycles. The SMILES string of the molecule is COc1ccc(C(C)C)cc1CN1CCN(c2ncnc3nc[nH]c23)CC1. The molecule has 3 aromatic rings. The standard InChI is InChI=1S/C20H26N6O/c1-14(2)15-4-5-17(27-3)16(10-15)11-25-6-8-26(9-7-25)20-18-19(22-12-21-18)23-13-24-20/h4-5,10,12-14H,6-9,11H2,1-3H3,(H,21,22,23,24). The van der Waals surface area contributed by atoms with Crippen LogP contribution < -0.4 is 9.64 Å². The van der Waals surface area contributed by atoms with Crippen LogP contribution in [0.4, 0.5) is 5.82 Å². The number of rotatable bonds is 5. The van der Waals surface area contributed by atoms with Crippen molar-refractivity contribution in [3.05, 3.63) is 42.0 Å². The van der Waals surface area contributed by atoms with E-state index in [1.165, 1.54) is 11.1 Å². The van der Waals surface area contributed by atoms with Crippen LogP contribution in [-0.4, -0.2) is 58.1 Å². The first kappa shape index (κ1) is 17.7. The molecule has 0 radical (unpaired) electrons. The maximum Gasteiger partial charge on any atom is 0.182 e. The number of hydrogen-bond acceptors (Lipinski definition) is 6. The van der Waals surface area contributed by atoms with E-state index in [0.717, 1.165) is 55.5 Å². The van der Waals surface area contributed by atoms with Gasteiger partial charge in [0.1, 0.15) is 17.6 Å². The van der Waals surface area contributed by atoms with Crippen molar-refractivity contribution < 1.29 is 4.74 Å². The monoisotopic (exact) mass is 366 g/mol. The fraction of sp³-hybridized carbons (Fsp3) is 0.450. The molecule has 7 nitrogen and oxygen atoms in total. The molecule has 1 aromatic carbocycles. The van der Waals surface area contributed by atoms with Crippen molar-refractivity contribution in [3.8, 4) is 5.75 Å². The van der Waals surface area contributed by atoms with Crippen LogP contribution in [-0.2, 0) is 6.54 Å². The molecule has 1 aliphatic rings. The quantitative estimate of drug-likeness (QED) is 0.749. The molecule has 4 rings (SSSR count). The predicted octanol–water partition coefficient (Wildman–Crippen LogP) is 2.81. The van der Waals surface area contributed by atoms with Crippen LogP contribution in [0.3, 0.4) is 0 Å². The summed E-state index contributed by atoms with van der Waals surface area (Å²) in [5.41, 5.74) is 4.25. The second kappa shape index (κ2) is 7.52. The molecule has 7 heteroatoms. The molecule has 0 spiro atoms. The first-order valence-corrected chi connectivity index (χ1v) is 9.44. The zero-order valence-corrected chi connectivity index (χ0v) is 16.1. The lowest BCUT2D eigenvalue weighted by Gasteiger charge is -2.35. The van der Waals surface area contributed by atoms with Crippen molar-refractivity contribution in [1.29, 1.82) is 0 Å². The van der Waals surface area contributed by atoms with Crippen LogP contribution in [0.15, 0.2) is 30.9 Å². The van der Waals surface area contributed by atoms with Gasteiger partial charge < -0.3 is 14.6 Å². The molecule has 1 N–H and O–H groups in total. The lowest BCUT2D eigenvalue weighted by Crippen LogP contribution is -2.46. The molecule has 1 saturated heterocycles. The number of hydrogen-bond donors (Lipinski definition) is 1. The van der Waals surface area contributed by atoms with Crippen molar-refractivity contribution >= 4 is 17.0 Å². The van der Waals surface area contributed by atoms with Crippen molar-refractivity contribution in [3.63, 3.8) is 0 Å². The Balaban J connectivity index is 1.46. The van der Waals surface area contributed by atoms with Gasteiger partial charge in [-0.25, -0.2) is 15.0 Å². The van der Waals surface area contributed by atoms with Crippen molar-refractivity contribution in [2.24, 2.45) is 0 Å². The molecule has 3 heterocycles. The first-order chi connectivity index (χ1) is 13.2. The number of methoxy groups -OCH3 is 1. The van der Waals surface area contributed by atoms with E-state index in [4.69, 9.17) is 4.74 Å². The minimum absolute atomic E-state index is 0.515. The van der Waals surface area contributed by atoms with Gasteiger partial charge in [-0.05, 0) is 17.5 Å². The summed E-state index contributed by atoms with van der Waals surface area (Å²) < 4.78 is 5.59. The number of nitrogens with zero attached hydrogens (tertiary/aromatic N) is 5. The fourth-order valence-electron chi connectivity index (χ4n) is 3.63. The Morgan fingerprint density at radius 2 is 1.93 bits per heavy atom. The molecular weight excluding hydrogens is 340 g/mol. The summed E-state index contributed by atoms with van der Waals surface area (Å²) in [6.07, 6.45) is 3.26. The highest BCUT2D eigenvalue weighted by Crippen LogP contribution is 2.26. The summed E-state index contributed by atoms with van der Waals surface area (Å²) in [7, 11) is 1.75. The van der Waals surface area contributed by atoms with Crippen LogP contribution in [0.25, 0.3) is 11.2 Å². The molecule has 0 bridgehead atoms. The van der Waals surface area contributed by atoms with Crippen molar-refractivity contribution in [1.82, 2.24) is 24.8 Å². The largest absolute Gasteiger partial charge is 0.496 e. The van der Waals surface area contributed by atoms with E-state index in [0.29, 0.717) is 5.92 Å². The van der Waals surface area contributed by atoms with E-state index >= 15 is 0 Å². The van der Waals surface area contributed by atoms with Crippen LogP contribution in [0.1, 0.15) is 30.9 Å². The second-order valence-electron chi connectivity index (χ2n) is 7.29. The Kier molecular flexibility index (Phi) is 4.94. The number of piperazine rings is 1. The van der Waals surface area contributed by atoms with Gasteiger partial charge in [0.25, 0.3) is 0 Å². The van der Waals surface area contributed by atoms with Gasteiger partial charge >= 0.3 is 0 Å². The average Bonchev–Trinajstić information content (AvgIpc) is 3.17. The van der Waals surface area contributed by atoms with Crippen LogP contribution in [0.2, 0.25) is 0 Å². The maximum absolute atomic E-state index is 5.59. The van der Waals surface area contributed by atoms with Gasteiger partial charge in [0.15, 0.2) is 11.5 Å². The minimum Gasteiger partial charge on any atom is -0.496 e. The van der Waals surface area contributed by atoms with Crippen LogP contribution >= 0.6 is 0 Å². The van der Waals surface area contributed by atoms with E-state index in [1.54, 1.807) is 19.8 Å². The summed E-state index contributed by atoms with van der Waals surface area (Å²) >= 11 is 0. The van der Waals surface area contributed by atoms with E-state index in [-0.39, 0.29) is 0 Å². The smallest absolute Gasteiger partial charge is 0.182 e. The van der Waals surface area contributed by atoms with E-state index in [1.807, 2.05) is 0 Å². The van der Waals surface area contributed by atoms with Gasteiger partial charge in [-0.15, -0.1) is 0 Å². The summed E-state index contributed by atoms with van der Waals surface area (Å²) in [6, 6.07) is 6.54. The lowest BCUT2D eigenvalue weighted by molar-refractivity contribution is 0.245.